The van der Waals surface area contributed by atoms with Gasteiger partial charge in [0.2, 0.25) is 5.91 Å². The minimum atomic E-state index is -0.0157. The van der Waals surface area contributed by atoms with Crippen molar-refractivity contribution in [2.45, 2.75) is 39.9 Å². The van der Waals surface area contributed by atoms with E-state index in [1.165, 1.54) is 16.8 Å². The number of benzene rings is 1. The molecule has 1 heterocycles. The number of hydrogen-bond donors (Lipinski definition) is 1. The molecule has 3 nitrogen and oxygen atoms in total. The molecule has 2 aromatic rings. The van der Waals surface area contributed by atoms with Gasteiger partial charge < -0.3 is 5.32 Å². The maximum absolute atomic E-state index is 10.8. The normalized spacial score (nSPS) is 9.96. The SMILES string of the molecule is C=C/C=C(\C=C)NC(=O)CC.CC.CSCc1csc(-c2ccc(C)cc2)n1. The predicted molar refractivity (Wildman–Crippen MR) is 128 cm³/mol. The molecule has 0 aliphatic carbocycles. The van der Waals surface area contributed by atoms with E-state index < -0.39 is 0 Å². The molecule has 2 rings (SSSR count). The number of amides is 1. The summed E-state index contributed by atoms with van der Waals surface area (Å²) < 4.78 is 0. The number of carbonyl (C=O) groups excluding carboxylic acids is 1. The Kier molecular flexibility index (Phi) is 14.7. The minimum absolute atomic E-state index is 0.0157. The van der Waals surface area contributed by atoms with Crippen molar-refractivity contribution in [2.75, 3.05) is 6.26 Å². The lowest BCUT2D eigenvalue weighted by Crippen LogP contribution is -2.20. The predicted octanol–water partition coefficient (Wildman–Crippen LogP) is 6.78. The van der Waals surface area contributed by atoms with Crippen LogP contribution in [0.25, 0.3) is 10.6 Å². The topological polar surface area (TPSA) is 42.0 Å². The van der Waals surface area contributed by atoms with Crippen molar-refractivity contribution in [3.8, 4) is 10.6 Å². The highest BCUT2D eigenvalue weighted by molar-refractivity contribution is 7.97. The second kappa shape index (κ2) is 15.9. The summed E-state index contributed by atoms with van der Waals surface area (Å²) in [6, 6.07) is 8.53. The quantitative estimate of drug-likeness (QED) is 0.506. The Morgan fingerprint density at radius 2 is 1.89 bits per heavy atom. The van der Waals surface area contributed by atoms with Crippen molar-refractivity contribution in [3.05, 3.63) is 78.0 Å². The molecule has 0 unspecified atom stereocenters. The van der Waals surface area contributed by atoms with Gasteiger partial charge in [0.25, 0.3) is 0 Å². The summed E-state index contributed by atoms with van der Waals surface area (Å²) in [6.07, 6.45) is 7.45. The number of aryl methyl sites for hydroxylation is 1. The lowest BCUT2D eigenvalue weighted by molar-refractivity contribution is -0.120. The van der Waals surface area contributed by atoms with Gasteiger partial charge in [-0.1, -0.05) is 69.8 Å². The van der Waals surface area contributed by atoms with E-state index >= 15 is 0 Å². The van der Waals surface area contributed by atoms with Gasteiger partial charge in [0.05, 0.1) is 5.69 Å². The van der Waals surface area contributed by atoms with Gasteiger partial charge in [-0.15, -0.1) is 11.3 Å². The Morgan fingerprint density at radius 3 is 2.39 bits per heavy atom. The summed E-state index contributed by atoms with van der Waals surface area (Å²) in [5.74, 6) is 0.987. The van der Waals surface area contributed by atoms with Crippen LogP contribution in [-0.2, 0) is 10.5 Å². The zero-order valence-corrected chi connectivity index (χ0v) is 19.3. The standard InChI is InChI=1S/C12H13NS2.C9H13NO.C2H6/c1-9-3-5-10(6-4-9)12-13-11(7-14-2)8-15-12;1-4-7-8(5-2)10-9(11)6-3;1-2/h3-6,8H,7H2,1-2H3;4-5,7H,1-2,6H2,3H3,(H,10,11);1-2H3/b;8-7+;. The zero-order chi connectivity index (χ0) is 21.4. The molecule has 5 heteroatoms. The average Bonchev–Trinajstić information content (AvgIpc) is 3.19. The first-order chi connectivity index (χ1) is 13.5. The van der Waals surface area contributed by atoms with Crippen LogP contribution in [-0.4, -0.2) is 17.1 Å². The molecule has 1 aromatic carbocycles. The number of carbonyl (C=O) groups is 1. The van der Waals surface area contributed by atoms with Crippen molar-refractivity contribution in [2.24, 2.45) is 0 Å². The Bertz CT molecular complexity index is 746. The molecule has 0 aliphatic rings. The number of hydrogen-bond acceptors (Lipinski definition) is 4. The summed E-state index contributed by atoms with van der Waals surface area (Å²) >= 11 is 3.53. The number of nitrogens with one attached hydrogen (secondary N) is 1. The molecule has 0 bridgehead atoms. The van der Waals surface area contributed by atoms with Gasteiger partial charge in [-0.3, -0.25) is 4.79 Å². The van der Waals surface area contributed by atoms with Gasteiger partial charge >= 0.3 is 0 Å². The summed E-state index contributed by atoms with van der Waals surface area (Å²) in [6.45, 7) is 14.9. The third-order valence-corrected chi connectivity index (χ3v) is 4.79. The van der Waals surface area contributed by atoms with Crippen LogP contribution in [0.4, 0.5) is 0 Å². The first kappa shape index (κ1) is 25.9. The maximum Gasteiger partial charge on any atom is 0.224 e. The van der Waals surface area contributed by atoms with Crippen molar-refractivity contribution in [3.63, 3.8) is 0 Å². The van der Waals surface area contributed by atoms with Crippen molar-refractivity contribution in [1.29, 1.82) is 0 Å². The fourth-order valence-electron chi connectivity index (χ4n) is 1.89. The van der Waals surface area contributed by atoms with E-state index in [-0.39, 0.29) is 5.91 Å². The third kappa shape index (κ3) is 10.3. The number of rotatable bonds is 7. The van der Waals surface area contributed by atoms with E-state index in [1.54, 1.807) is 36.5 Å². The van der Waals surface area contributed by atoms with Gasteiger partial charge in [0.1, 0.15) is 5.01 Å². The van der Waals surface area contributed by atoms with Crippen LogP contribution in [0.1, 0.15) is 38.4 Å². The van der Waals surface area contributed by atoms with Gasteiger partial charge in [-0.25, -0.2) is 4.98 Å². The van der Waals surface area contributed by atoms with Gasteiger partial charge in [-0.2, -0.15) is 11.8 Å². The van der Waals surface area contributed by atoms with Crippen LogP contribution in [0.5, 0.6) is 0 Å². The Balaban J connectivity index is 0.000000502. The summed E-state index contributed by atoms with van der Waals surface area (Å²) in [4.78, 5) is 15.4. The molecule has 0 atom stereocenters. The molecule has 152 valence electrons. The van der Waals surface area contributed by atoms with Crippen LogP contribution >= 0.6 is 23.1 Å². The number of nitrogens with zero attached hydrogens (tertiary/aromatic N) is 1. The van der Waals surface area contributed by atoms with E-state index in [9.17, 15) is 4.79 Å². The van der Waals surface area contributed by atoms with Crippen LogP contribution in [0.15, 0.2) is 66.7 Å². The first-order valence-electron chi connectivity index (χ1n) is 9.29. The lowest BCUT2D eigenvalue weighted by Gasteiger charge is -2.01. The molecule has 1 amide bonds. The number of allylic oxidation sites excluding steroid dienone is 3. The molecule has 0 spiro atoms. The highest BCUT2D eigenvalue weighted by Crippen LogP contribution is 2.25. The zero-order valence-electron chi connectivity index (χ0n) is 17.6. The Labute approximate surface area is 178 Å². The second-order valence-corrected chi connectivity index (χ2v) is 7.13. The lowest BCUT2D eigenvalue weighted by atomic mass is 10.2. The Hall–Kier alpha value is -2.11. The van der Waals surface area contributed by atoms with Gasteiger partial charge in [0, 0.05) is 28.8 Å². The smallest absolute Gasteiger partial charge is 0.224 e. The van der Waals surface area contributed by atoms with E-state index in [1.807, 2.05) is 25.6 Å². The molecule has 0 saturated carbocycles. The summed E-state index contributed by atoms with van der Waals surface area (Å²) in [7, 11) is 0. The fourth-order valence-corrected chi connectivity index (χ4v) is 3.26. The van der Waals surface area contributed by atoms with Crippen molar-refractivity contribution in [1.82, 2.24) is 10.3 Å². The van der Waals surface area contributed by atoms with Crippen molar-refractivity contribution < 1.29 is 4.79 Å². The number of thiazole rings is 1. The molecule has 0 aliphatic heterocycles. The molecule has 0 radical (unpaired) electrons. The van der Waals surface area contributed by atoms with E-state index in [0.29, 0.717) is 12.1 Å². The highest BCUT2D eigenvalue weighted by atomic mass is 32.2. The Morgan fingerprint density at radius 1 is 1.25 bits per heavy atom. The van der Waals surface area contributed by atoms with E-state index in [2.05, 4.69) is 66.3 Å². The van der Waals surface area contributed by atoms with Crippen molar-refractivity contribution >= 4 is 29.0 Å². The molecule has 0 saturated heterocycles. The van der Waals surface area contributed by atoms with Crippen LogP contribution < -0.4 is 5.32 Å². The van der Waals surface area contributed by atoms with Gasteiger partial charge in [-0.05, 0) is 25.3 Å². The molecule has 0 fully saturated rings. The summed E-state index contributed by atoms with van der Waals surface area (Å²) in [5.41, 5.74) is 4.38. The summed E-state index contributed by atoms with van der Waals surface area (Å²) in [5, 5.41) is 5.92. The number of aromatic nitrogens is 1. The molecular formula is C23H32N2OS2. The minimum Gasteiger partial charge on any atom is -0.326 e. The average molecular weight is 417 g/mol. The largest absolute Gasteiger partial charge is 0.326 e. The third-order valence-electron chi connectivity index (χ3n) is 3.26. The van der Waals surface area contributed by atoms with E-state index in [0.717, 1.165) is 10.8 Å². The second-order valence-electron chi connectivity index (χ2n) is 5.41. The molecule has 28 heavy (non-hydrogen) atoms. The first-order valence-corrected chi connectivity index (χ1v) is 11.6. The highest BCUT2D eigenvalue weighted by Gasteiger charge is 2.03. The molecular weight excluding hydrogens is 384 g/mol. The monoisotopic (exact) mass is 416 g/mol. The van der Waals surface area contributed by atoms with Crippen LogP contribution in [0.2, 0.25) is 0 Å². The molecule has 1 aromatic heterocycles. The van der Waals surface area contributed by atoms with E-state index in [4.69, 9.17) is 0 Å². The van der Waals surface area contributed by atoms with Gasteiger partial charge in [0.15, 0.2) is 0 Å². The maximum atomic E-state index is 10.8. The molecule has 1 N–H and O–H groups in total. The van der Waals surface area contributed by atoms with Crippen LogP contribution in [0.3, 0.4) is 0 Å². The number of thioether (sulfide) groups is 1. The fraction of sp³-hybridized carbons (Fsp3) is 0.304. The van der Waals surface area contributed by atoms with Crippen LogP contribution in [0, 0.1) is 6.92 Å².